The number of H-pyrrole nitrogens is 1. The Bertz CT molecular complexity index is 621. The zero-order valence-corrected chi connectivity index (χ0v) is 10.8. The van der Waals surface area contributed by atoms with E-state index in [-0.39, 0.29) is 18.8 Å². The molecule has 1 aromatic heterocycles. The van der Waals surface area contributed by atoms with E-state index in [1.54, 1.807) is 6.92 Å². The predicted molar refractivity (Wildman–Crippen MR) is 65.0 cm³/mol. The van der Waals surface area contributed by atoms with Crippen LogP contribution in [0.25, 0.3) is 0 Å². The molecule has 3 heterocycles. The standard InChI is InChI=1S/C12H16N2O5/c1-6-4-14(11(17)13-9(6)16)10-8-3-12(5-15,19-10)7(2)18-8/h4,7-8,10,15H,3,5H2,1-2H3,(H,13,16,17)/t7?,8?,10-,12+/m1/s1. The number of aryl methyl sites for hydroxylation is 1. The smallest absolute Gasteiger partial charge is 0.330 e. The van der Waals surface area contributed by atoms with Crippen molar-refractivity contribution in [3.8, 4) is 0 Å². The Hall–Kier alpha value is -1.44. The Kier molecular flexibility index (Phi) is 2.67. The molecule has 0 aromatic carbocycles. The molecule has 7 heteroatoms. The van der Waals surface area contributed by atoms with Gasteiger partial charge in [0, 0.05) is 18.2 Å². The van der Waals surface area contributed by atoms with Crippen LogP contribution in [-0.2, 0) is 9.47 Å². The predicted octanol–water partition coefficient (Wildman–Crippen LogP) is -0.718. The number of aliphatic hydroxyl groups is 1. The maximum absolute atomic E-state index is 11.8. The fraction of sp³-hybridized carbons (Fsp3) is 0.667. The third-order valence-electron chi connectivity index (χ3n) is 4.03. The Morgan fingerprint density at radius 2 is 2.32 bits per heavy atom. The Labute approximate surface area is 108 Å². The quantitative estimate of drug-likeness (QED) is 0.738. The minimum absolute atomic E-state index is 0.155. The summed E-state index contributed by atoms with van der Waals surface area (Å²) in [5.74, 6) is 0. The molecule has 2 saturated heterocycles. The van der Waals surface area contributed by atoms with E-state index in [0.717, 1.165) is 0 Å². The van der Waals surface area contributed by atoms with Crippen molar-refractivity contribution in [3.63, 3.8) is 0 Å². The van der Waals surface area contributed by atoms with Crippen LogP contribution in [0.1, 0.15) is 25.1 Å². The number of aromatic nitrogens is 2. The number of nitrogens with one attached hydrogen (secondary N) is 1. The van der Waals surface area contributed by atoms with E-state index < -0.39 is 23.1 Å². The normalized spacial score (nSPS) is 36.9. The molecule has 2 bridgehead atoms. The van der Waals surface area contributed by atoms with Gasteiger partial charge in [-0.3, -0.25) is 14.3 Å². The number of hydrogen-bond donors (Lipinski definition) is 2. The zero-order chi connectivity index (χ0) is 13.8. The molecule has 1 aromatic rings. The van der Waals surface area contributed by atoms with Gasteiger partial charge in [0.15, 0.2) is 6.23 Å². The number of aromatic amines is 1. The number of rotatable bonds is 2. The van der Waals surface area contributed by atoms with Crippen molar-refractivity contribution < 1.29 is 14.6 Å². The maximum atomic E-state index is 11.8. The van der Waals surface area contributed by atoms with Crippen LogP contribution < -0.4 is 11.2 Å². The fourth-order valence-corrected chi connectivity index (χ4v) is 2.81. The van der Waals surface area contributed by atoms with Gasteiger partial charge in [-0.05, 0) is 13.8 Å². The molecule has 104 valence electrons. The summed E-state index contributed by atoms with van der Waals surface area (Å²) in [4.78, 5) is 25.4. The van der Waals surface area contributed by atoms with Gasteiger partial charge in [-0.15, -0.1) is 0 Å². The molecule has 4 atom stereocenters. The van der Waals surface area contributed by atoms with Gasteiger partial charge in [-0.1, -0.05) is 0 Å². The third kappa shape index (κ3) is 1.69. The lowest BCUT2D eigenvalue weighted by Crippen LogP contribution is -2.47. The van der Waals surface area contributed by atoms with Crippen molar-refractivity contribution in [3.05, 3.63) is 32.6 Å². The van der Waals surface area contributed by atoms with Crippen LogP contribution >= 0.6 is 0 Å². The van der Waals surface area contributed by atoms with Crippen LogP contribution in [0.4, 0.5) is 0 Å². The summed E-state index contributed by atoms with van der Waals surface area (Å²) in [6.45, 7) is 3.30. The van der Waals surface area contributed by atoms with Gasteiger partial charge in [0.25, 0.3) is 5.56 Å². The number of aliphatic hydroxyl groups excluding tert-OH is 1. The van der Waals surface area contributed by atoms with Gasteiger partial charge in [0.2, 0.25) is 0 Å². The second-order valence-electron chi connectivity index (χ2n) is 5.23. The van der Waals surface area contributed by atoms with E-state index in [1.165, 1.54) is 10.8 Å². The molecule has 0 amide bonds. The Balaban J connectivity index is 2.01. The van der Waals surface area contributed by atoms with E-state index in [0.29, 0.717) is 12.0 Å². The van der Waals surface area contributed by atoms with Crippen molar-refractivity contribution in [2.24, 2.45) is 0 Å². The highest BCUT2D eigenvalue weighted by Crippen LogP contribution is 2.47. The maximum Gasteiger partial charge on any atom is 0.330 e. The summed E-state index contributed by atoms with van der Waals surface area (Å²) < 4.78 is 12.9. The van der Waals surface area contributed by atoms with Crippen molar-refractivity contribution >= 4 is 0 Å². The number of nitrogens with zero attached hydrogens (tertiary/aromatic N) is 1. The highest BCUT2D eigenvalue weighted by atomic mass is 16.6. The zero-order valence-electron chi connectivity index (χ0n) is 10.8. The Morgan fingerprint density at radius 3 is 2.95 bits per heavy atom. The molecule has 0 saturated carbocycles. The van der Waals surface area contributed by atoms with Crippen molar-refractivity contribution in [1.82, 2.24) is 9.55 Å². The molecule has 19 heavy (non-hydrogen) atoms. The van der Waals surface area contributed by atoms with Crippen LogP contribution in [0.5, 0.6) is 0 Å². The van der Waals surface area contributed by atoms with Crippen molar-refractivity contribution in [1.29, 1.82) is 0 Å². The summed E-state index contributed by atoms with van der Waals surface area (Å²) in [6, 6.07) is 0. The highest BCUT2D eigenvalue weighted by molar-refractivity contribution is 5.07. The SMILES string of the molecule is Cc1cn([C@@H]2O[C@]3(CO)CC2OC3C)c(=O)[nH]c1=O. The van der Waals surface area contributed by atoms with Gasteiger partial charge >= 0.3 is 5.69 Å². The first-order valence-electron chi connectivity index (χ1n) is 6.23. The van der Waals surface area contributed by atoms with Crippen molar-refractivity contribution in [2.75, 3.05) is 6.61 Å². The Morgan fingerprint density at radius 1 is 1.58 bits per heavy atom. The van der Waals surface area contributed by atoms with Crippen molar-refractivity contribution in [2.45, 2.75) is 44.3 Å². The van der Waals surface area contributed by atoms with Crippen LogP contribution in [0.15, 0.2) is 15.8 Å². The first kappa shape index (κ1) is 12.6. The highest BCUT2D eigenvalue weighted by Gasteiger charge is 2.58. The molecule has 2 N–H and O–H groups in total. The van der Waals surface area contributed by atoms with E-state index in [1.807, 2.05) is 6.92 Å². The minimum Gasteiger partial charge on any atom is -0.393 e. The molecular formula is C12H16N2O5. The largest absolute Gasteiger partial charge is 0.393 e. The number of fused-ring (bicyclic) bond motifs is 2. The molecule has 0 spiro atoms. The average Bonchev–Trinajstić information content (AvgIpc) is 2.88. The lowest BCUT2D eigenvalue weighted by atomic mass is 9.98. The van der Waals surface area contributed by atoms with Crippen LogP contribution in [-0.4, -0.2) is 39.1 Å². The van der Waals surface area contributed by atoms with E-state index in [9.17, 15) is 14.7 Å². The molecule has 2 aliphatic rings. The monoisotopic (exact) mass is 268 g/mol. The van der Waals surface area contributed by atoms with Gasteiger partial charge in [0.05, 0.1) is 12.7 Å². The molecule has 7 nitrogen and oxygen atoms in total. The fourth-order valence-electron chi connectivity index (χ4n) is 2.81. The summed E-state index contributed by atoms with van der Waals surface area (Å²) in [5.41, 5.74) is -1.26. The van der Waals surface area contributed by atoms with Gasteiger partial charge in [-0.2, -0.15) is 0 Å². The molecule has 3 rings (SSSR count). The molecule has 2 aliphatic heterocycles. The molecule has 0 aliphatic carbocycles. The second-order valence-corrected chi connectivity index (χ2v) is 5.23. The molecule has 0 radical (unpaired) electrons. The first-order valence-corrected chi connectivity index (χ1v) is 6.23. The van der Waals surface area contributed by atoms with Gasteiger partial charge < -0.3 is 14.6 Å². The van der Waals surface area contributed by atoms with E-state index in [2.05, 4.69) is 4.98 Å². The van der Waals surface area contributed by atoms with E-state index in [4.69, 9.17) is 9.47 Å². The summed E-state index contributed by atoms with van der Waals surface area (Å²) in [5, 5.41) is 9.50. The van der Waals surface area contributed by atoms with Crippen LogP contribution in [0.3, 0.4) is 0 Å². The second kappa shape index (κ2) is 4.03. The van der Waals surface area contributed by atoms with Crippen LogP contribution in [0.2, 0.25) is 0 Å². The number of ether oxygens (including phenoxy) is 2. The minimum atomic E-state index is -0.751. The van der Waals surface area contributed by atoms with Gasteiger partial charge in [-0.25, -0.2) is 4.79 Å². The topological polar surface area (TPSA) is 93.6 Å². The summed E-state index contributed by atoms with van der Waals surface area (Å²) >= 11 is 0. The summed E-state index contributed by atoms with van der Waals surface area (Å²) in [7, 11) is 0. The lowest BCUT2D eigenvalue weighted by Gasteiger charge is -2.34. The first-order chi connectivity index (χ1) is 8.97. The molecule has 2 unspecified atom stereocenters. The summed E-state index contributed by atoms with van der Waals surface area (Å²) in [6.07, 6.45) is 0.904. The van der Waals surface area contributed by atoms with E-state index >= 15 is 0 Å². The lowest BCUT2D eigenvalue weighted by molar-refractivity contribution is -0.216. The third-order valence-corrected chi connectivity index (χ3v) is 4.03. The van der Waals surface area contributed by atoms with Crippen LogP contribution in [0, 0.1) is 6.92 Å². The van der Waals surface area contributed by atoms with Gasteiger partial charge in [0.1, 0.15) is 11.7 Å². The molecule has 2 fully saturated rings. The molecular weight excluding hydrogens is 252 g/mol. The number of hydrogen-bond acceptors (Lipinski definition) is 5. The average molecular weight is 268 g/mol.